The highest BCUT2D eigenvalue weighted by molar-refractivity contribution is 6.42. The Balaban J connectivity index is 1.62. The number of carbonyl (C=O) groups excluding carboxylic acids is 5. The lowest BCUT2D eigenvalue weighted by molar-refractivity contribution is -0.146. The van der Waals surface area contributed by atoms with Gasteiger partial charge in [-0.3, -0.25) is 24.0 Å². The summed E-state index contributed by atoms with van der Waals surface area (Å²) in [4.78, 5) is 64.6. The maximum absolute atomic E-state index is 14.2. The number of benzene rings is 2. The van der Waals surface area contributed by atoms with Crippen LogP contribution in [-0.2, 0) is 28.7 Å². The topological polar surface area (TPSA) is 131 Å². The molecule has 15 heteroatoms. The molecule has 0 unspecified atom stereocenters. The van der Waals surface area contributed by atoms with Gasteiger partial charge in [-0.25, -0.2) is 8.78 Å². The van der Waals surface area contributed by atoms with Crippen molar-refractivity contribution < 1.29 is 46.6 Å². The highest BCUT2D eigenvalue weighted by atomic mass is 35.5. The van der Waals surface area contributed by atoms with Crippen molar-refractivity contribution in [3.8, 4) is 5.75 Å². The van der Waals surface area contributed by atoms with Gasteiger partial charge in [-0.2, -0.15) is 4.39 Å². The Labute approximate surface area is 260 Å². The maximum atomic E-state index is 14.2. The van der Waals surface area contributed by atoms with Crippen molar-refractivity contribution in [3.05, 3.63) is 70.0 Å². The third-order valence-electron chi connectivity index (χ3n) is 6.68. The van der Waals surface area contributed by atoms with Gasteiger partial charge < -0.3 is 25.0 Å². The summed E-state index contributed by atoms with van der Waals surface area (Å²) < 4.78 is 51.7. The van der Waals surface area contributed by atoms with Crippen molar-refractivity contribution in [1.29, 1.82) is 0 Å². The fourth-order valence-corrected chi connectivity index (χ4v) is 4.59. The van der Waals surface area contributed by atoms with Crippen molar-refractivity contribution in [2.45, 2.75) is 32.2 Å². The van der Waals surface area contributed by atoms with E-state index in [0.717, 1.165) is 6.92 Å². The number of esters is 1. The smallest absolute Gasteiger partial charge is 0.313 e. The largest absolute Gasteiger partial charge is 0.482 e. The van der Waals surface area contributed by atoms with Crippen molar-refractivity contribution >= 4 is 58.4 Å². The van der Waals surface area contributed by atoms with Crippen molar-refractivity contribution in [1.82, 2.24) is 10.2 Å². The van der Waals surface area contributed by atoms with Gasteiger partial charge in [0, 0.05) is 35.7 Å². The number of halogens is 5. The number of hydrogen-bond acceptors (Lipinski definition) is 7. The molecule has 0 aromatic heterocycles. The van der Waals surface area contributed by atoms with Gasteiger partial charge in [-0.05, 0) is 38.0 Å². The van der Waals surface area contributed by atoms with E-state index in [2.05, 4.69) is 17.2 Å². The van der Waals surface area contributed by atoms with Crippen LogP contribution < -0.4 is 15.4 Å². The second kappa shape index (κ2) is 15.6. The summed E-state index contributed by atoms with van der Waals surface area (Å²) in [5, 5.41) is 5.32. The second-order valence-electron chi connectivity index (χ2n) is 9.75. The summed E-state index contributed by atoms with van der Waals surface area (Å²) in [6.45, 7) is 3.49. The molecule has 10 nitrogen and oxygen atoms in total. The molecule has 1 saturated heterocycles. The van der Waals surface area contributed by atoms with E-state index in [1.807, 2.05) is 0 Å². The minimum Gasteiger partial charge on any atom is -0.482 e. The molecule has 0 radical (unpaired) electrons. The number of piperidine rings is 1. The van der Waals surface area contributed by atoms with Crippen LogP contribution >= 0.6 is 23.2 Å². The van der Waals surface area contributed by atoms with E-state index in [9.17, 15) is 37.1 Å². The lowest BCUT2D eigenvalue weighted by Crippen LogP contribution is -2.50. The number of anilines is 1. The average molecular weight is 658 g/mol. The Bertz CT molecular complexity index is 1440. The van der Waals surface area contributed by atoms with Crippen LogP contribution in [0.4, 0.5) is 18.9 Å². The van der Waals surface area contributed by atoms with Crippen LogP contribution in [0.25, 0.3) is 0 Å². The molecule has 1 aliphatic rings. The van der Waals surface area contributed by atoms with Crippen molar-refractivity contribution in [2.24, 2.45) is 5.92 Å². The predicted molar refractivity (Wildman–Crippen MR) is 154 cm³/mol. The summed E-state index contributed by atoms with van der Waals surface area (Å²) in [7, 11) is 0. The van der Waals surface area contributed by atoms with Gasteiger partial charge >= 0.3 is 17.8 Å². The van der Waals surface area contributed by atoms with E-state index in [0.29, 0.717) is 11.1 Å². The summed E-state index contributed by atoms with van der Waals surface area (Å²) in [5.74, 6) is -9.87. The fraction of sp³-hybridized carbons (Fsp3) is 0.345. The molecule has 236 valence electrons. The first-order valence-electron chi connectivity index (χ1n) is 13.2. The number of rotatable bonds is 11. The van der Waals surface area contributed by atoms with E-state index < -0.39 is 77.7 Å². The zero-order chi connectivity index (χ0) is 32.6. The number of hydrogen-bond donors (Lipinski definition) is 2. The van der Waals surface area contributed by atoms with Crippen LogP contribution in [0.15, 0.2) is 36.9 Å². The van der Waals surface area contributed by atoms with E-state index in [-0.39, 0.29) is 48.8 Å². The summed E-state index contributed by atoms with van der Waals surface area (Å²) in [6, 6.07) is 3.19. The van der Waals surface area contributed by atoms with Gasteiger partial charge in [0.15, 0.2) is 17.3 Å². The number of ketones is 1. The minimum absolute atomic E-state index is 0.0282. The third kappa shape index (κ3) is 8.96. The number of ether oxygens (including phenoxy) is 2. The first-order chi connectivity index (χ1) is 20.8. The first-order valence-corrected chi connectivity index (χ1v) is 14.0. The molecule has 2 aromatic carbocycles. The van der Waals surface area contributed by atoms with Crippen molar-refractivity contribution in [2.75, 3.05) is 31.6 Å². The van der Waals surface area contributed by atoms with Gasteiger partial charge in [0.25, 0.3) is 0 Å². The number of nitrogens with one attached hydrogen (secondary N) is 2. The lowest BCUT2D eigenvalue weighted by Gasteiger charge is -2.31. The Hall–Kier alpha value is -4.10. The molecule has 3 amide bonds. The highest BCUT2D eigenvalue weighted by Crippen LogP contribution is 2.28. The average Bonchev–Trinajstić information content (AvgIpc) is 2.99. The van der Waals surface area contributed by atoms with Crippen LogP contribution in [0, 0.1) is 30.3 Å². The Morgan fingerprint density at radius 2 is 1.77 bits per heavy atom. The Morgan fingerprint density at radius 3 is 2.43 bits per heavy atom. The molecule has 44 heavy (non-hydrogen) atoms. The molecule has 0 saturated carbocycles. The molecular formula is C29H28Cl2F3N3O7. The number of Topliss-reactive ketones (excluding diaryl/α,β-unsaturated/α-hetero) is 1. The van der Waals surface area contributed by atoms with E-state index in [4.69, 9.17) is 32.7 Å². The molecule has 2 aromatic rings. The van der Waals surface area contributed by atoms with Crippen LogP contribution in [0.1, 0.15) is 24.8 Å². The zero-order valence-corrected chi connectivity index (χ0v) is 24.9. The summed E-state index contributed by atoms with van der Waals surface area (Å²) >= 11 is 11.9. The molecule has 1 atom stereocenters. The van der Waals surface area contributed by atoms with Crippen LogP contribution in [0.2, 0.25) is 10.0 Å². The number of carbonyl (C=O) groups is 5. The highest BCUT2D eigenvalue weighted by Gasteiger charge is 2.33. The third-order valence-corrected chi connectivity index (χ3v) is 7.25. The van der Waals surface area contributed by atoms with Crippen LogP contribution in [-0.4, -0.2) is 66.7 Å². The van der Waals surface area contributed by atoms with Gasteiger partial charge in [-0.15, -0.1) is 0 Å². The standard InChI is InChI=1S/C29H28Cl2F3N3O7/c1-3-10-43-24(39)13-22(23(38)14-44-26-15(2)19(32)12-20(33)25(26)34)36-27(40)16-6-8-37(9-7-16)29(42)28(41)35-21-11-17(30)4-5-18(21)31/h3-5,11-12,16,22H,1,6-10,13-14H2,2H3,(H,35,41)(H,36,40)/t22-/m0/s1. The summed E-state index contributed by atoms with van der Waals surface area (Å²) in [5.41, 5.74) is -0.230. The fourth-order valence-electron chi connectivity index (χ4n) is 4.25. The van der Waals surface area contributed by atoms with Gasteiger partial charge in [0.05, 0.1) is 17.1 Å². The minimum atomic E-state index is -1.52. The van der Waals surface area contributed by atoms with Crippen LogP contribution in [0.3, 0.4) is 0 Å². The Kier molecular flexibility index (Phi) is 12.2. The molecule has 2 N–H and O–H groups in total. The molecule has 0 spiro atoms. The van der Waals surface area contributed by atoms with Crippen molar-refractivity contribution in [3.63, 3.8) is 0 Å². The molecule has 1 fully saturated rings. The van der Waals surface area contributed by atoms with Gasteiger partial charge in [0.2, 0.25) is 11.7 Å². The maximum Gasteiger partial charge on any atom is 0.313 e. The molecular weight excluding hydrogens is 630 g/mol. The van der Waals surface area contributed by atoms with Gasteiger partial charge in [-0.1, -0.05) is 35.9 Å². The number of likely N-dealkylation sites (tertiary alicyclic amines) is 1. The van der Waals surface area contributed by atoms with Crippen LogP contribution in [0.5, 0.6) is 5.75 Å². The molecule has 0 bridgehead atoms. The van der Waals surface area contributed by atoms with Gasteiger partial charge in [0.1, 0.15) is 25.1 Å². The quantitative estimate of drug-likeness (QED) is 0.161. The van der Waals surface area contributed by atoms with E-state index in [1.165, 1.54) is 29.2 Å². The molecule has 0 aliphatic carbocycles. The number of nitrogens with zero attached hydrogens (tertiary/aromatic N) is 1. The molecule has 1 heterocycles. The normalized spacial score (nSPS) is 13.9. The first kappa shape index (κ1) is 34.4. The monoisotopic (exact) mass is 657 g/mol. The Morgan fingerprint density at radius 1 is 1.09 bits per heavy atom. The molecule has 3 rings (SSSR count). The van der Waals surface area contributed by atoms with E-state index >= 15 is 0 Å². The SMILES string of the molecule is C=CCOC(=O)C[C@H](NC(=O)C1CCN(C(=O)C(=O)Nc2cc(Cl)ccc2Cl)CC1)C(=O)COc1c(C)c(F)cc(F)c1F. The number of amides is 3. The zero-order valence-electron chi connectivity index (χ0n) is 23.4. The molecule has 1 aliphatic heterocycles. The predicted octanol–water partition coefficient (Wildman–Crippen LogP) is 4.15. The lowest BCUT2D eigenvalue weighted by atomic mass is 9.95. The second-order valence-corrected chi connectivity index (χ2v) is 10.6. The van der Waals surface area contributed by atoms with E-state index in [1.54, 1.807) is 0 Å². The summed E-state index contributed by atoms with van der Waals surface area (Å²) in [6.07, 6.45) is 0.909.